The molecule has 2 unspecified atom stereocenters. The van der Waals surface area contributed by atoms with Crippen molar-refractivity contribution in [1.82, 2.24) is 0 Å². The van der Waals surface area contributed by atoms with Gasteiger partial charge in [-0.25, -0.2) is 0 Å². The quantitative estimate of drug-likeness (QED) is 0.560. The number of nitrogens with one attached hydrogen (secondary N) is 1. The summed E-state index contributed by atoms with van der Waals surface area (Å²) in [6.45, 7) is 4.37. The van der Waals surface area contributed by atoms with Crippen molar-refractivity contribution in [3.8, 4) is 0 Å². The summed E-state index contributed by atoms with van der Waals surface area (Å²) in [5, 5.41) is 7.54. The minimum absolute atomic E-state index is 0.671. The maximum Gasteiger partial charge on any atom is 0.0123 e. The first-order chi connectivity index (χ1) is 4.25. The minimum atomic E-state index is 0.671. The molecule has 1 N–H and O–H groups in total. The van der Waals surface area contributed by atoms with Crippen molar-refractivity contribution in [2.75, 3.05) is 0 Å². The molecule has 1 fully saturated rings. The van der Waals surface area contributed by atoms with E-state index in [2.05, 4.69) is 13.8 Å². The van der Waals surface area contributed by atoms with Gasteiger partial charge in [-0.2, -0.15) is 0 Å². The molecule has 0 bridgehead atoms. The first-order valence-electron chi connectivity index (χ1n) is 3.83. The molecule has 0 aromatic heterocycles. The average Bonchev–Trinajstić information content (AvgIpc) is 2.47. The van der Waals surface area contributed by atoms with Crippen LogP contribution >= 0.6 is 0 Å². The van der Waals surface area contributed by atoms with Crippen LogP contribution in [0.5, 0.6) is 0 Å². The Morgan fingerprint density at radius 1 is 1.67 bits per heavy atom. The molecule has 9 heavy (non-hydrogen) atoms. The third kappa shape index (κ3) is 1.54. The molecule has 1 saturated carbocycles. The summed E-state index contributed by atoms with van der Waals surface area (Å²) < 4.78 is 0. The van der Waals surface area contributed by atoms with Crippen molar-refractivity contribution < 1.29 is 0 Å². The van der Waals surface area contributed by atoms with Gasteiger partial charge in [0.25, 0.3) is 0 Å². The molecule has 0 aliphatic heterocycles. The van der Waals surface area contributed by atoms with Gasteiger partial charge in [-0.15, -0.1) is 0 Å². The van der Waals surface area contributed by atoms with Crippen molar-refractivity contribution in [3.05, 3.63) is 0 Å². The van der Waals surface area contributed by atoms with Gasteiger partial charge in [0.1, 0.15) is 0 Å². The van der Waals surface area contributed by atoms with Gasteiger partial charge in [0.05, 0.1) is 0 Å². The number of hydrogen-bond donors (Lipinski definition) is 1. The van der Waals surface area contributed by atoms with E-state index in [-0.39, 0.29) is 0 Å². The molecule has 1 aliphatic rings. The van der Waals surface area contributed by atoms with E-state index >= 15 is 0 Å². The fraction of sp³-hybridized carbons (Fsp3) is 0.875. The molecule has 1 nitrogen and oxygen atoms in total. The predicted molar refractivity (Wildman–Crippen MR) is 39.9 cm³/mol. The zero-order chi connectivity index (χ0) is 6.85. The van der Waals surface area contributed by atoms with Crippen molar-refractivity contribution in [2.24, 2.45) is 11.8 Å². The highest BCUT2D eigenvalue weighted by Crippen LogP contribution is 2.39. The average molecular weight is 125 g/mol. The molecular weight excluding hydrogens is 110 g/mol. The number of rotatable bonds is 3. The summed E-state index contributed by atoms with van der Waals surface area (Å²) in [4.78, 5) is 0. The second-order valence-electron chi connectivity index (χ2n) is 3.09. The smallest absolute Gasteiger partial charge is 0.0123 e. The Balaban J connectivity index is 2.20. The van der Waals surface area contributed by atoms with Crippen LogP contribution in [0.15, 0.2) is 0 Å². The summed E-state index contributed by atoms with van der Waals surface area (Å²) in [6.07, 6.45) is 3.44. The first-order valence-corrected chi connectivity index (χ1v) is 3.83. The van der Waals surface area contributed by atoms with Crippen LogP contribution in [0, 0.1) is 17.2 Å². The molecule has 0 aromatic rings. The van der Waals surface area contributed by atoms with E-state index in [0.29, 0.717) is 5.92 Å². The van der Waals surface area contributed by atoms with E-state index in [1.165, 1.54) is 6.42 Å². The molecule has 1 heteroatoms. The largest absolute Gasteiger partial charge is 0.309 e. The van der Waals surface area contributed by atoms with E-state index in [4.69, 9.17) is 5.41 Å². The normalized spacial score (nSPS) is 32.2. The van der Waals surface area contributed by atoms with Gasteiger partial charge in [-0.1, -0.05) is 20.3 Å². The van der Waals surface area contributed by atoms with E-state index < -0.39 is 0 Å². The summed E-state index contributed by atoms with van der Waals surface area (Å²) in [5.74, 6) is 1.49. The second kappa shape index (κ2) is 2.51. The van der Waals surface area contributed by atoms with Crippen molar-refractivity contribution >= 4 is 5.71 Å². The van der Waals surface area contributed by atoms with Crippen LogP contribution < -0.4 is 0 Å². The van der Waals surface area contributed by atoms with Crippen LogP contribution in [-0.4, -0.2) is 5.71 Å². The van der Waals surface area contributed by atoms with Gasteiger partial charge in [-0.05, 0) is 24.7 Å². The Morgan fingerprint density at radius 3 is 2.56 bits per heavy atom. The molecule has 2 atom stereocenters. The lowest BCUT2D eigenvalue weighted by Crippen LogP contribution is -1.98. The molecule has 1 rings (SSSR count). The van der Waals surface area contributed by atoms with Gasteiger partial charge in [0.15, 0.2) is 0 Å². The highest BCUT2D eigenvalue weighted by molar-refractivity contribution is 5.86. The standard InChI is InChI=1S/C8H15N/c1-3-4-8(9)7-5-6(7)2/h6-7,9H,3-5H2,1-2H3. The van der Waals surface area contributed by atoms with Gasteiger partial charge >= 0.3 is 0 Å². The van der Waals surface area contributed by atoms with Crippen LogP contribution in [0.4, 0.5) is 0 Å². The molecule has 0 saturated heterocycles. The lowest BCUT2D eigenvalue weighted by molar-refractivity contribution is 0.875. The minimum Gasteiger partial charge on any atom is -0.309 e. The summed E-state index contributed by atoms with van der Waals surface area (Å²) in [5.41, 5.74) is 0.991. The fourth-order valence-corrected chi connectivity index (χ4v) is 1.26. The Kier molecular flexibility index (Phi) is 1.89. The highest BCUT2D eigenvalue weighted by atomic mass is 14.5. The molecule has 1 aliphatic carbocycles. The lowest BCUT2D eigenvalue weighted by Gasteiger charge is -1.96. The highest BCUT2D eigenvalue weighted by Gasteiger charge is 2.35. The molecule has 0 radical (unpaired) electrons. The van der Waals surface area contributed by atoms with Gasteiger partial charge in [0, 0.05) is 5.71 Å². The van der Waals surface area contributed by atoms with Crippen LogP contribution in [0.2, 0.25) is 0 Å². The molecular formula is C8H15N. The topological polar surface area (TPSA) is 23.9 Å². The third-order valence-corrected chi connectivity index (χ3v) is 2.08. The van der Waals surface area contributed by atoms with Gasteiger partial charge < -0.3 is 5.41 Å². The maximum atomic E-state index is 7.54. The Hall–Kier alpha value is -0.330. The zero-order valence-corrected chi connectivity index (χ0v) is 6.28. The summed E-state index contributed by atoms with van der Waals surface area (Å²) in [6, 6.07) is 0. The van der Waals surface area contributed by atoms with Crippen LogP contribution in [0.3, 0.4) is 0 Å². The van der Waals surface area contributed by atoms with E-state index in [1.54, 1.807) is 0 Å². The first kappa shape index (κ1) is 6.79. The van der Waals surface area contributed by atoms with E-state index in [1.807, 2.05) is 0 Å². The second-order valence-corrected chi connectivity index (χ2v) is 3.09. The molecule has 0 spiro atoms. The monoisotopic (exact) mass is 125 g/mol. The zero-order valence-electron chi connectivity index (χ0n) is 6.28. The SMILES string of the molecule is CCCC(=N)C1CC1C. The van der Waals surface area contributed by atoms with Crippen LogP contribution in [-0.2, 0) is 0 Å². The Labute approximate surface area is 57.0 Å². The molecule has 52 valence electrons. The summed E-state index contributed by atoms with van der Waals surface area (Å²) in [7, 11) is 0. The number of hydrogen-bond acceptors (Lipinski definition) is 1. The van der Waals surface area contributed by atoms with Crippen molar-refractivity contribution in [2.45, 2.75) is 33.1 Å². The maximum absolute atomic E-state index is 7.54. The van der Waals surface area contributed by atoms with Crippen molar-refractivity contribution in [3.63, 3.8) is 0 Å². The van der Waals surface area contributed by atoms with Crippen LogP contribution in [0.25, 0.3) is 0 Å². The van der Waals surface area contributed by atoms with Crippen LogP contribution in [0.1, 0.15) is 33.1 Å². The third-order valence-electron chi connectivity index (χ3n) is 2.08. The predicted octanol–water partition coefficient (Wildman–Crippen LogP) is 2.46. The van der Waals surface area contributed by atoms with Crippen molar-refractivity contribution in [1.29, 1.82) is 5.41 Å². The molecule has 0 heterocycles. The van der Waals surface area contributed by atoms with E-state index in [0.717, 1.165) is 24.5 Å². The lowest BCUT2D eigenvalue weighted by atomic mass is 10.1. The van der Waals surface area contributed by atoms with Gasteiger partial charge in [0.2, 0.25) is 0 Å². The molecule has 0 amide bonds. The fourth-order valence-electron chi connectivity index (χ4n) is 1.26. The Morgan fingerprint density at radius 2 is 2.22 bits per heavy atom. The Bertz CT molecular complexity index is 118. The summed E-state index contributed by atoms with van der Waals surface area (Å²) >= 11 is 0. The van der Waals surface area contributed by atoms with E-state index in [9.17, 15) is 0 Å². The molecule has 0 aromatic carbocycles. The van der Waals surface area contributed by atoms with Gasteiger partial charge in [-0.3, -0.25) is 0 Å².